The highest BCUT2D eigenvalue weighted by Crippen LogP contribution is 2.38. The third-order valence-corrected chi connectivity index (χ3v) is 5.47. The maximum atomic E-state index is 12.7. The molecule has 1 aliphatic carbocycles. The fourth-order valence-corrected chi connectivity index (χ4v) is 3.99. The molecule has 0 N–H and O–H groups in total. The third kappa shape index (κ3) is 4.45. The first kappa shape index (κ1) is 18.0. The number of rotatable bonds is 4. The van der Waals surface area contributed by atoms with Gasteiger partial charge < -0.3 is 0 Å². The van der Waals surface area contributed by atoms with Gasteiger partial charge in [-0.25, -0.2) is 0 Å². The largest absolute Gasteiger partial charge is 0.416 e. The Morgan fingerprint density at radius 3 is 1.80 bits per heavy atom. The second-order valence-corrected chi connectivity index (χ2v) is 7.20. The molecule has 1 saturated carbocycles. The summed E-state index contributed by atoms with van der Waals surface area (Å²) in [6, 6.07) is 13.8. The molecule has 0 radical (unpaired) electrons. The fraction of sp³-hybridized carbons (Fsp3) is 0.455. The van der Waals surface area contributed by atoms with Crippen molar-refractivity contribution in [2.45, 2.75) is 57.5 Å². The Morgan fingerprint density at radius 2 is 1.32 bits per heavy atom. The van der Waals surface area contributed by atoms with E-state index in [1.165, 1.54) is 44.1 Å². The molecule has 0 spiro atoms. The quantitative estimate of drug-likeness (QED) is 0.539. The lowest BCUT2D eigenvalue weighted by molar-refractivity contribution is -0.137. The van der Waals surface area contributed by atoms with E-state index in [-0.39, 0.29) is 0 Å². The normalized spacial score (nSPS) is 21.3. The number of halogens is 3. The molecule has 0 heterocycles. The summed E-state index contributed by atoms with van der Waals surface area (Å²) >= 11 is 0. The van der Waals surface area contributed by atoms with E-state index in [9.17, 15) is 13.2 Å². The second kappa shape index (κ2) is 7.63. The first-order valence-corrected chi connectivity index (χ1v) is 9.25. The van der Waals surface area contributed by atoms with Crippen LogP contribution >= 0.6 is 0 Å². The molecule has 3 rings (SSSR count). The van der Waals surface area contributed by atoms with Crippen LogP contribution in [0.2, 0.25) is 0 Å². The van der Waals surface area contributed by atoms with Crippen molar-refractivity contribution < 1.29 is 13.2 Å². The van der Waals surface area contributed by atoms with E-state index in [2.05, 4.69) is 19.1 Å². The zero-order chi connectivity index (χ0) is 17.9. The van der Waals surface area contributed by atoms with Gasteiger partial charge in [0, 0.05) is 0 Å². The summed E-state index contributed by atoms with van der Waals surface area (Å²) in [7, 11) is 0. The summed E-state index contributed by atoms with van der Waals surface area (Å²) in [6.45, 7) is 2.26. The summed E-state index contributed by atoms with van der Waals surface area (Å²) in [5, 5.41) is 0. The van der Waals surface area contributed by atoms with Crippen molar-refractivity contribution in [1.82, 2.24) is 0 Å². The Labute approximate surface area is 148 Å². The predicted octanol–water partition coefficient (Wildman–Crippen LogP) is 7.45. The Balaban J connectivity index is 1.66. The molecule has 0 nitrogen and oxygen atoms in total. The van der Waals surface area contributed by atoms with Gasteiger partial charge in [-0.05, 0) is 66.3 Å². The molecular formula is C22H25F3. The molecule has 0 bridgehead atoms. The first-order chi connectivity index (χ1) is 12.0. The van der Waals surface area contributed by atoms with Gasteiger partial charge in [-0.3, -0.25) is 0 Å². The second-order valence-electron chi connectivity index (χ2n) is 7.20. The topological polar surface area (TPSA) is 0 Å². The Bertz CT molecular complexity index is 660. The molecule has 3 heteroatoms. The van der Waals surface area contributed by atoms with Crippen LogP contribution in [-0.4, -0.2) is 0 Å². The third-order valence-electron chi connectivity index (χ3n) is 5.47. The molecule has 1 aliphatic rings. The van der Waals surface area contributed by atoms with Gasteiger partial charge in [-0.1, -0.05) is 56.2 Å². The highest BCUT2D eigenvalue weighted by atomic mass is 19.4. The summed E-state index contributed by atoms with van der Waals surface area (Å²) in [6.07, 6.45) is 3.49. The fourth-order valence-electron chi connectivity index (χ4n) is 3.99. The highest BCUT2D eigenvalue weighted by Gasteiger charge is 2.30. The van der Waals surface area contributed by atoms with Crippen LogP contribution in [-0.2, 0) is 6.18 Å². The van der Waals surface area contributed by atoms with Gasteiger partial charge in [0.15, 0.2) is 0 Å². The summed E-state index contributed by atoms with van der Waals surface area (Å²) in [5.41, 5.74) is 2.56. The maximum Gasteiger partial charge on any atom is 0.416 e. The van der Waals surface area contributed by atoms with Crippen LogP contribution in [0.1, 0.15) is 62.5 Å². The number of hydrogen-bond acceptors (Lipinski definition) is 0. The van der Waals surface area contributed by atoms with Gasteiger partial charge in [-0.2, -0.15) is 13.2 Å². The van der Waals surface area contributed by atoms with Gasteiger partial charge in [0.05, 0.1) is 5.56 Å². The van der Waals surface area contributed by atoms with Gasteiger partial charge in [0.25, 0.3) is 0 Å². The van der Waals surface area contributed by atoms with Gasteiger partial charge in [0.1, 0.15) is 0 Å². The van der Waals surface area contributed by atoms with E-state index in [0.717, 1.165) is 29.2 Å². The van der Waals surface area contributed by atoms with Gasteiger partial charge in [0.2, 0.25) is 0 Å². The summed E-state index contributed by atoms with van der Waals surface area (Å²) in [5.74, 6) is 1.53. The lowest BCUT2D eigenvalue weighted by Gasteiger charge is -2.28. The monoisotopic (exact) mass is 346 g/mol. The average Bonchev–Trinajstić information content (AvgIpc) is 2.62. The lowest BCUT2D eigenvalue weighted by Crippen LogP contribution is -2.13. The Kier molecular flexibility index (Phi) is 5.51. The van der Waals surface area contributed by atoms with E-state index in [1.54, 1.807) is 12.1 Å². The zero-order valence-corrected chi connectivity index (χ0v) is 14.7. The average molecular weight is 346 g/mol. The highest BCUT2D eigenvalue weighted by molar-refractivity contribution is 5.64. The Morgan fingerprint density at radius 1 is 0.800 bits per heavy atom. The van der Waals surface area contributed by atoms with Gasteiger partial charge in [-0.15, -0.1) is 0 Å². The number of hydrogen-bond donors (Lipinski definition) is 0. The molecule has 0 aliphatic heterocycles. The van der Waals surface area contributed by atoms with E-state index in [0.29, 0.717) is 5.92 Å². The minimum atomic E-state index is -4.28. The first-order valence-electron chi connectivity index (χ1n) is 9.25. The van der Waals surface area contributed by atoms with Crippen LogP contribution in [0.5, 0.6) is 0 Å². The zero-order valence-electron chi connectivity index (χ0n) is 14.7. The van der Waals surface area contributed by atoms with Crippen molar-refractivity contribution in [3.8, 4) is 11.1 Å². The minimum absolute atomic E-state index is 0.600. The molecule has 0 saturated heterocycles. The maximum absolute atomic E-state index is 12.7. The molecular weight excluding hydrogens is 321 g/mol. The van der Waals surface area contributed by atoms with E-state index in [4.69, 9.17) is 0 Å². The standard InChI is InChI=1S/C22H25F3/c1-2-3-16-4-6-17(7-5-16)18-8-10-19(11-9-18)20-12-14-21(15-13-20)22(23,24)25/h8-17H,2-7H2,1H3/t16-,17-. The van der Waals surface area contributed by atoms with E-state index < -0.39 is 11.7 Å². The minimum Gasteiger partial charge on any atom is -0.166 e. The van der Waals surface area contributed by atoms with Crippen LogP contribution in [0.3, 0.4) is 0 Å². The van der Waals surface area contributed by atoms with Crippen molar-refractivity contribution in [3.05, 3.63) is 59.7 Å². The summed E-state index contributed by atoms with van der Waals surface area (Å²) in [4.78, 5) is 0. The molecule has 0 amide bonds. The molecule has 2 aromatic rings. The lowest BCUT2D eigenvalue weighted by atomic mass is 9.77. The van der Waals surface area contributed by atoms with Crippen molar-refractivity contribution in [1.29, 1.82) is 0 Å². The van der Waals surface area contributed by atoms with E-state index >= 15 is 0 Å². The molecule has 2 aromatic carbocycles. The SMILES string of the molecule is CCC[C@H]1CC[C@H](c2ccc(-c3ccc(C(F)(F)F)cc3)cc2)CC1. The van der Waals surface area contributed by atoms with Crippen molar-refractivity contribution in [2.24, 2.45) is 5.92 Å². The van der Waals surface area contributed by atoms with Crippen LogP contribution < -0.4 is 0 Å². The summed E-state index contributed by atoms with van der Waals surface area (Å²) < 4.78 is 38.0. The van der Waals surface area contributed by atoms with Crippen LogP contribution in [0, 0.1) is 5.92 Å². The van der Waals surface area contributed by atoms with E-state index in [1.807, 2.05) is 12.1 Å². The molecule has 0 unspecified atom stereocenters. The van der Waals surface area contributed by atoms with Crippen LogP contribution in [0.15, 0.2) is 48.5 Å². The molecule has 0 atom stereocenters. The smallest absolute Gasteiger partial charge is 0.166 e. The van der Waals surface area contributed by atoms with Crippen molar-refractivity contribution in [2.75, 3.05) is 0 Å². The molecule has 0 aromatic heterocycles. The molecule has 134 valence electrons. The number of alkyl halides is 3. The predicted molar refractivity (Wildman–Crippen MR) is 96.5 cm³/mol. The number of benzene rings is 2. The van der Waals surface area contributed by atoms with Gasteiger partial charge >= 0.3 is 6.18 Å². The molecule has 1 fully saturated rings. The van der Waals surface area contributed by atoms with Crippen LogP contribution in [0.25, 0.3) is 11.1 Å². The Hall–Kier alpha value is -1.77. The van der Waals surface area contributed by atoms with Crippen molar-refractivity contribution in [3.63, 3.8) is 0 Å². The molecule has 25 heavy (non-hydrogen) atoms. The van der Waals surface area contributed by atoms with Crippen molar-refractivity contribution >= 4 is 0 Å². The van der Waals surface area contributed by atoms with Crippen LogP contribution in [0.4, 0.5) is 13.2 Å².